The number of rotatable bonds is 7. The van der Waals surface area contributed by atoms with Gasteiger partial charge in [0.05, 0.1) is 19.3 Å². The van der Waals surface area contributed by atoms with E-state index in [9.17, 15) is 5.11 Å². The predicted octanol–water partition coefficient (Wildman–Crippen LogP) is 1.41. The molecule has 3 rings (SSSR count). The van der Waals surface area contributed by atoms with Crippen LogP contribution in [0.25, 0.3) is 0 Å². The highest BCUT2D eigenvalue weighted by Crippen LogP contribution is 2.17. The molecule has 0 aromatic heterocycles. The maximum Gasteiger partial charge on any atom is 0.0917 e. The number of morpholine rings is 1. The predicted molar refractivity (Wildman–Crippen MR) is 101 cm³/mol. The van der Waals surface area contributed by atoms with E-state index in [0.29, 0.717) is 12.6 Å². The molecular formula is C20H33N3O2. The summed E-state index contributed by atoms with van der Waals surface area (Å²) >= 11 is 0. The van der Waals surface area contributed by atoms with Gasteiger partial charge in [-0.1, -0.05) is 24.3 Å². The second kappa shape index (κ2) is 9.64. The topological polar surface area (TPSA) is 48.0 Å². The van der Waals surface area contributed by atoms with Crippen LogP contribution in [0.15, 0.2) is 24.3 Å². The molecule has 5 heteroatoms. The van der Waals surface area contributed by atoms with E-state index in [4.69, 9.17) is 4.74 Å². The first-order valence-corrected chi connectivity index (χ1v) is 9.72. The van der Waals surface area contributed by atoms with E-state index in [1.165, 1.54) is 19.4 Å². The molecule has 0 saturated carbocycles. The van der Waals surface area contributed by atoms with E-state index in [0.717, 1.165) is 57.1 Å². The zero-order valence-corrected chi connectivity index (χ0v) is 15.5. The number of aliphatic hydroxyl groups excluding tert-OH is 1. The number of hydrogen-bond donors (Lipinski definition) is 2. The molecule has 0 radical (unpaired) electrons. The lowest BCUT2D eigenvalue weighted by Gasteiger charge is -2.35. The number of benzene rings is 1. The summed E-state index contributed by atoms with van der Waals surface area (Å²) in [6.45, 7) is 11.3. The number of nitrogens with zero attached hydrogens (tertiary/aromatic N) is 2. The first-order valence-electron chi connectivity index (χ1n) is 9.72. The third kappa shape index (κ3) is 5.76. The highest BCUT2D eigenvalue weighted by Gasteiger charge is 2.21. The molecule has 0 aliphatic carbocycles. The summed E-state index contributed by atoms with van der Waals surface area (Å²) < 4.78 is 5.41. The highest BCUT2D eigenvalue weighted by molar-refractivity contribution is 5.27. The van der Waals surface area contributed by atoms with Crippen LogP contribution in [0.4, 0.5) is 0 Å². The molecular weight excluding hydrogens is 314 g/mol. The van der Waals surface area contributed by atoms with Crippen molar-refractivity contribution in [1.82, 2.24) is 15.1 Å². The molecule has 2 aliphatic rings. The molecule has 1 unspecified atom stereocenters. The third-order valence-electron chi connectivity index (χ3n) is 5.57. The number of nitrogens with one attached hydrogen (secondary N) is 1. The van der Waals surface area contributed by atoms with Crippen LogP contribution >= 0.6 is 0 Å². The van der Waals surface area contributed by atoms with Crippen LogP contribution in [0.1, 0.15) is 30.1 Å². The molecule has 1 aromatic rings. The van der Waals surface area contributed by atoms with Crippen molar-refractivity contribution in [2.45, 2.75) is 31.9 Å². The fourth-order valence-corrected chi connectivity index (χ4v) is 3.82. The lowest BCUT2D eigenvalue weighted by atomic mass is 10.0. The van der Waals surface area contributed by atoms with Gasteiger partial charge in [0, 0.05) is 38.8 Å². The van der Waals surface area contributed by atoms with Crippen molar-refractivity contribution in [3.05, 3.63) is 35.4 Å². The fourth-order valence-electron chi connectivity index (χ4n) is 3.82. The summed E-state index contributed by atoms with van der Waals surface area (Å²) in [7, 11) is 0. The van der Waals surface area contributed by atoms with Crippen LogP contribution in [0.3, 0.4) is 0 Å². The molecule has 0 spiro atoms. The van der Waals surface area contributed by atoms with Gasteiger partial charge >= 0.3 is 0 Å². The van der Waals surface area contributed by atoms with Gasteiger partial charge in [0.2, 0.25) is 0 Å². The molecule has 2 aliphatic heterocycles. The van der Waals surface area contributed by atoms with Crippen molar-refractivity contribution in [1.29, 1.82) is 0 Å². The van der Waals surface area contributed by atoms with Gasteiger partial charge in [0.15, 0.2) is 0 Å². The number of likely N-dealkylation sites (tertiary alicyclic amines) is 1. The van der Waals surface area contributed by atoms with Crippen LogP contribution < -0.4 is 5.32 Å². The molecule has 5 nitrogen and oxygen atoms in total. The van der Waals surface area contributed by atoms with Crippen molar-refractivity contribution >= 4 is 0 Å². The normalized spacial score (nSPS) is 22.2. The Kier molecular flexibility index (Phi) is 7.25. The van der Waals surface area contributed by atoms with Gasteiger partial charge in [-0.3, -0.25) is 4.90 Å². The quantitative estimate of drug-likeness (QED) is 0.781. The lowest BCUT2D eigenvalue weighted by molar-refractivity contribution is 0.0317. The zero-order valence-electron chi connectivity index (χ0n) is 15.5. The lowest BCUT2D eigenvalue weighted by Crippen LogP contribution is -2.47. The second-order valence-electron chi connectivity index (χ2n) is 7.35. The Morgan fingerprint density at radius 2 is 1.72 bits per heavy atom. The summed E-state index contributed by atoms with van der Waals surface area (Å²) in [5.41, 5.74) is 2.20. The van der Waals surface area contributed by atoms with Crippen LogP contribution in [0.5, 0.6) is 0 Å². The van der Waals surface area contributed by atoms with Crippen LogP contribution in [-0.4, -0.2) is 80.0 Å². The van der Waals surface area contributed by atoms with Crippen molar-refractivity contribution in [3.8, 4) is 0 Å². The average Bonchev–Trinajstić information content (AvgIpc) is 2.66. The standard InChI is InChI=1S/C20H33N3O2/c1-17-4-2-3-5-19(17)20(24)16-21-18-6-8-22(9-7-18)10-11-23-12-14-25-15-13-23/h2-5,18,20-21,24H,6-16H2,1H3. The Morgan fingerprint density at radius 1 is 1.08 bits per heavy atom. The molecule has 25 heavy (non-hydrogen) atoms. The number of aryl methyl sites for hydroxylation is 1. The van der Waals surface area contributed by atoms with Crippen LogP contribution in [-0.2, 0) is 4.74 Å². The van der Waals surface area contributed by atoms with Gasteiger partial charge in [0.1, 0.15) is 0 Å². The van der Waals surface area contributed by atoms with Crippen molar-refractivity contribution in [2.75, 3.05) is 59.0 Å². The van der Waals surface area contributed by atoms with Gasteiger partial charge < -0.3 is 20.1 Å². The minimum absolute atomic E-state index is 0.416. The molecule has 0 amide bonds. The Labute approximate surface area is 152 Å². The Hall–Kier alpha value is -0.980. The second-order valence-corrected chi connectivity index (χ2v) is 7.35. The summed E-state index contributed by atoms with van der Waals surface area (Å²) in [6, 6.07) is 8.63. The van der Waals surface area contributed by atoms with Crippen LogP contribution in [0, 0.1) is 6.92 Å². The maximum atomic E-state index is 10.4. The largest absolute Gasteiger partial charge is 0.387 e. The van der Waals surface area contributed by atoms with Gasteiger partial charge in [-0.05, 0) is 44.0 Å². The Bertz CT molecular complexity index is 511. The molecule has 2 N–H and O–H groups in total. The van der Waals surface area contributed by atoms with Gasteiger partial charge in [0.25, 0.3) is 0 Å². The fraction of sp³-hybridized carbons (Fsp3) is 0.700. The zero-order chi connectivity index (χ0) is 17.5. The molecule has 1 atom stereocenters. The summed E-state index contributed by atoms with van der Waals surface area (Å²) in [6.07, 6.45) is 1.92. The molecule has 2 saturated heterocycles. The molecule has 0 bridgehead atoms. The molecule has 140 valence electrons. The number of hydrogen-bond acceptors (Lipinski definition) is 5. The van der Waals surface area contributed by atoms with E-state index >= 15 is 0 Å². The van der Waals surface area contributed by atoms with Crippen LogP contribution in [0.2, 0.25) is 0 Å². The summed E-state index contributed by atoms with van der Waals surface area (Å²) in [4.78, 5) is 5.08. The first kappa shape index (κ1) is 18.8. The first-order chi connectivity index (χ1) is 12.2. The monoisotopic (exact) mass is 347 g/mol. The average molecular weight is 348 g/mol. The minimum atomic E-state index is -0.416. The van der Waals surface area contributed by atoms with Crippen molar-refractivity contribution in [2.24, 2.45) is 0 Å². The minimum Gasteiger partial charge on any atom is -0.387 e. The number of ether oxygens (including phenoxy) is 1. The van der Waals surface area contributed by atoms with E-state index in [1.54, 1.807) is 0 Å². The Morgan fingerprint density at radius 3 is 2.40 bits per heavy atom. The maximum absolute atomic E-state index is 10.4. The summed E-state index contributed by atoms with van der Waals surface area (Å²) in [5, 5.41) is 14.0. The SMILES string of the molecule is Cc1ccccc1C(O)CNC1CCN(CCN2CCOCC2)CC1. The van der Waals surface area contributed by atoms with Crippen molar-refractivity contribution < 1.29 is 9.84 Å². The molecule has 2 fully saturated rings. The van der Waals surface area contributed by atoms with Gasteiger partial charge in [-0.2, -0.15) is 0 Å². The van der Waals surface area contributed by atoms with E-state index < -0.39 is 6.10 Å². The van der Waals surface area contributed by atoms with E-state index in [2.05, 4.69) is 28.1 Å². The molecule has 1 aromatic carbocycles. The number of aliphatic hydroxyl groups is 1. The summed E-state index contributed by atoms with van der Waals surface area (Å²) in [5.74, 6) is 0. The van der Waals surface area contributed by atoms with E-state index in [-0.39, 0.29) is 0 Å². The third-order valence-corrected chi connectivity index (χ3v) is 5.57. The smallest absolute Gasteiger partial charge is 0.0917 e. The number of piperidine rings is 1. The Balaban J connectivity index is 1.33. The van der Waals surface area contributed by atoms with Gasteiger partial charge in [-0.25, -0.2) is 0 Å². The van der Waals surface area contributed by atoms with Gasteiger partial charge in [-0.15, -0.1) is 0 Å². The highest BCUT2D eigenvalue weighted by atomic mass is 16.5. The molecule has 2 heterocycles. The van der Waals surface area contributed by atoms with E-state index in [1.807, 2.05) is 18.2 Å². The van der Waals surface area contributed by atoms with Crippen molar-refractivity contribution in [3.63, 3.8) is 0 Å².